The summed E-state index contributed by atoms with van der Waals surface area (Å²) >= 11 is 1.53. The SMILES string of the molecule is CN1CCc2cc(C(=O)Nc3n[nH]c4[nH]c(=O)ccc34)sc2C1. The number of likely N-dealkylation sites (N-methyl/N-ethyl adjacent to an activating group) is 1. The van der Waals surface area contributed by atoms with Gasteiger partial charge >= 0.3 is 0 Å². The van der Waals surface area contributed by atoms with E-state index in [-0.39, 0.29) is 11.5 Å². The zero-order valence-corrected chi connectivity index (χ0v) is 13.3. The fourth-order valence-corrected chi connectivity index (χ4v) is 3.94. The average molecular weight is 329 g/mol. The summed E-state index contributed by atoms with van der Waals surface area (Å²) in [6.07, 6.45) is 0.974. The Hall–Kier alpha value is -2.45. The van der Waals surface area contributed by atoms with Crippen LogP contribution < -0.4 is 10.9 Å². The molecule has 1 aliphatic heterocycles. The Bertz CT molecular complexity index is 954. The van der Waals surface area contributed by atoms with Gasteiger partial charge in [-0.1, -0.05) is 0 Å². The van der Waals surface area contributed by atoms with Gasteiger partial charge in [-0.3, -0.25) is 14.7 Å². The zero-order chi connectivity index (χ0) is 16.0. The van der Waals surface area contributed by atoms with Gasteiger partial charge in [0.15, 0.2) is 5.82 Å². The van der Waals surface area contributed by atoms with Crippen LogP contribution in [0.4, 0.5) is 5.82 Å². The highest BCUT2D eigenvalue weighted by molar-refractivity contribution is 7.14. The Morgan fingerprint density at radius 3 is 3.17 bits per heavy atom. The van der Waals surface area contributed by atoms with Gasteiger partial charge in [0.1, 0.15) is 5.65 Å². The lowest BCUT2D eigenvalue weighted by Crippen LogP contribution is -2.24. The Morgan fingerprint density at radius 2 is 2.30 bits per heavy atom. The second kappa shape index (κ2) is 5.32. The van der Waals surface area contributed by atoms with Crippen molar-refractivity contribution in [3.05, 3.63) is 43.9 Å². The maximum absolute atomic E-state index is 12.5. The summed E-state index contributed by atoms with van der Waals surface area (Å²) in [5.41, 5.74) is 1.54. The number of rotatable bonds is 2. The molecule has 3 aromatic rings. The third-order valence-electron chi connectivity index (χ3n) is 3.98. The van der Waals surface area contributed by atoms with E-state index >= 15 is 0 Å². The van der Waals surface area contributed by atoms with Crippen molar-refractivity contribution in [2.24, 2.45) is 0 Å². The molecule has 1 amide bonds. The lowest BCUT2D eigenvalue weighted by molar-refractivity contribution is 0.103. The van der Waals surface area contributed by atoms with E-state index in [0.29, 0.717) is 21.7 Å². The molecular weight excluding hydrogens is 314 g/mol. The van der Waals surface area contributed by atoms with E-state index < -0.39 is 0 Å². The molecule has 1 aliphatic rings. The number of fused-ring (bicyclic) bond motifs is 2. The normalized spacial score (nSPS) is 14.8. The fraction of sp³-hybridized carbons (Fsp3) is 0.267. The van der Waals surface area contributed by atoms with Crippen LogP contribution in [0.2, 0.25) is 0 Å². The first kappa shape index (κ1) is 14.2. The molecule has 23 heavy (non-hydrogen) atoms. The van der Waals surface area contributed by atoms with Gasteiger partial charge < -0.3 is 15.2 Å². The molecule has 0 fully saturated rings. The summed E-state index contributed by atoms with van der Waals surface area (Å²) < 4.78 is 0. The molecule has 0 unspecified atom stereocenters. The quantitative estimate of drug-likeness (QED) is 0.665. The number of pyridine rings is 1. The molecule has 0 aliphatic carbocycles. The van der Waals surface area contributed by atoms with Crippen LogP contribution in [0.5, 0.6) is 0 Å². The van der Waals surface area contributed by atoms with Gasteiger partial charge in [-0.25, -0.2) is 0 Å². The maximum Gasteiger partial charge on any atom is 0.266 e. The molecule has 0 spiro atoms. The van der Waals surface area contributed by atoms with E-state index in [4.69, 9.17) is 0 Å². The van der Waals surface area contributed by atoms with Crippen LogP contribution in [-0.2, 0) is 13.0 Å². The number of amides is 1. The van der Waals surface area contributed by atoms with Gasteiger partial charge in [0, 0.05) is 24.0 Å². The Labute approximate surface area is 135 Å². The van der Waals surface area contributed by atoms with Crippen LogP contribution in [0.25, 0.3) is 11.0 Å². The molecule has 0 saturated carbocycles. The molecule has 0 radical (unpaired) electrons. The number of carbonyl (C=O) groups is 1. The summed E-state index contributed by atoms with van der Waals surface area (Å²) in [6, 6.07) is 5.02. The van der Waals surface area contributed by atoms with E-state index in [0.717, 1.165) is 19.5 Å². The molecular formula is C15H15N5O2S. The van der Waals surface area contributed by atoms with Crippen LogP contribution in [0.15, 0.2) is 23.0 Å². The van der Waals surface area contributed by atoms with Crippen molar-refractivity contribution in [2.75, 3.05) is 18.9 Å². The second-order valence-electron chi connectivity index (χ2n) is 5.68. The minimum atomic E-state index is -0.214. The maximum atomic E-state index is 12.5. The molecule has 0 bridgehead atoms. The number of thiophene rings is 1. The number of nitrogens with zero attached hydrogens (tertiary/aromatic N) is 2. The van der Waals surface area contributed by atoms with Crippen molar-refractivity contribution in [3.63, 3.8) is 0 Å². The van der Waals surface area contributed by atoms with Gasteiger partial charge in [-0.15, -0.1) is 11.3 Å². The summed E-state index contributed by atoms with van der Waals surface area (Å²) in [5, 5.41) is 10.3. The lowest BCUT2D eigenvalue weighted by Gasteiger charge is -2.21. The van der Waals surface area contributed by atoms with Crippen molar-refractivity contribution in [3.8, 4) is 0 Å². The van der Waals surface area contributed by atoms with Crippen LogP contribution in [0.3, 0.4) is 0 Å². The molecule has 3 N–H and O–H groups in total. The highest BCUT2D eigenvalue weighted by Crippen LogP contribution is 2.28. The third kappa shape index (κ3) is 2.55. The first-order valence-corrected chi connectivity index (χ1v) is 8.11. The van der Waals surface area contributed by atoms with Crippen LogP contribution in [0, 0.1) is 0 Å². The van der Waals surface area contributed by atoms with E-state index in [1.807, 2.05) is 6.07 Å². The molecule has 4 heterocycles. The molecule has 3 aromatic heterocycles. The summed E-state index contributed by atoms with van der Waals surface area (Å²) in [5.74, 6) is 0.247. The van der Waals surface area contributed by atoms with Crippen LogP contribution in [-0.4, -0.2) is 39.6 Å². The average Bonchev–Trinajstić information content (AvgIpc) is 3.10. The standard InChI is InChI=1S/C15H15N5O2S/c1-20-5-4-8-6-10(23-11(8)7-20)15(22)17-14-9-2-3-12(21)16-13(9)18-19-14/h2-3,6H,4-5,7H2,1H3,(H3,16,17,18,19,21,22). The van der Waals surface area contributed by atoms with Crippen molar-refractivity contribution in [1.82, 2.24) is 20.1 Å². The molecule has 0 saturated heterocycles. The number of carbonyl (C=O) groups excluding carboxylic acids is 1. The Kier molecular flexibility index (Phi) is 3.28. The summed E-state index contributed by atoms with van der Waals surface area (Å²) in [7, 11) is 2.08. The van der Waals surface area contributed by atoms with E-state index in [2.05, 4.69) is 32.4 Å². The lowest BCUT2D eigenvalue weighted by atomic mass is 10.1. The highest BCUT2D eigenvalue weighted by atomic mass is 32.1. The fourth-order valence-electron chi connectivity index (χ4n) is 2.76. The largest absolute Gasteiger partial charge is 0.307 e. The van der Waals surface area contributed by atoms with Gasteiger partial charge in [-0.2, -0.15) is 5.10 Å². The number of H-pyrrole nitrogens is 2. The number of aromatic amines is 2. The number of anilines is 1. The third-order valence-corrected chi connectivity index (χ3v) is 5.14. The van der Waals surface area contributed by atoms with Crippen molar-refractivity contribution >= 4 is 34.1 Å². The van der Waals surface area contributed by atoms with E-state index in [9.17, 15) is 9.59 Å². The number of aromatic nitrogens is 3. The van der Waals surface area contributed by atoms with Crippen molar-refractivity contribution in [1.29, 1.82) is 0 Å². The Balaban J connectivity index is 1.61. The van der Waals surface area contributed by atoms with Crippen LogP contribution in [0.1, 0.15) is 20.1 Å². The zero-order valence-electron chi connectivity index (χ0n) is 12.5. The Morgan fingerprint density at radius 1 is 1.43 bits per heavy atom. The first-order valence-electron chi connectivity index (χ1n) is 7.29. The van der Waals surface area contributed by atoms with Gasteiger partial charge in [-0.05, 0) is 31.2 Å². The van der Waals surface area contributed by atoms with Gasteiger partial charge in [0.05, 0.1) is 10.3 Å². The monoisotopic (exact) mass is 329 g/mol. The van der Waals surface area contributed by atoms with Crippen LogP contribution >= 0.6 is 11.3 Å². The predicted octanol–water partition coefficient (Wildman–Crippen LogP) is 1.55. The highest BCUT2D eigenvalue weighted by Gasteiger charge is 2.20. The number of nitrogens with one attached hydrogen (secondary N) is 3. The molecule has 0 aromatic carbocycles. The molecule has 8 heteroatoms. The van der Waals surface area contributed by atoms with Crippen molar-refractivity contribution in [2.45, 2.75) is 13.0 Å². The topological polar surface area (TPSA) is 93.9 Å². The number of hydrogen-bond donors (Lipinski definition) is 3. The van der Waals surface area contributed by atoms with E-state index in [1.165, 1.54) is 27.8 Å². The molecule has 4 rings (SSSR count). The number of hydrogen-bond acceptors (Lipinski definition) is 5. The second-order valence-corrected chi connectivity index (χ2v) is 6.82. The molecule has 118 valence electrons. The van der Waals surface area contributed by atoms with Gasteiger partial charge in [0.2, 0.25) is 5.56 Å². The summed E-state index contributed by atoms with van der Waals surface area (Å²) in [4.78, 5) is 30.6. The van der Waals surface area contributed by atoms with Crippen molar-refractivity contribution < 1.29 is 4.79 Å². The molecule has 7 nitrogen and oxygen atoms in total. The predicted molar refractivity (Wildman–Crippen MR) is 89.0 cm³/mol. The first-order chi connectivity index (χ1) is 11.1. The smallest absolute Gasteiger partial charge is 0.266 e. The minimum absolute atomic E-state index is 0.174. The van der Waals surface area contributed by atoms with E-state index in [1.54, 1.807) is 6.07 Å². The summed E-state index contributed by atoms with van der Waals surface area (Å²) in [6.45, 7) is 1.90. The minimum Gasteiger partial charge on any atom is -0.307 e. The molecule has 0 atom stereocenters. The van der Waals surface area contributed by atoms with Gasteiger partial charge in [0.25, 0.3) is 5.91 Å².